The van der Waals surface area contributed by atoms with Crippen LogP contribution in [0.4, 0.5) is 0 Å². The van der Waals surface area contributed by atoms with Crippen LogP contribution in [0.3, 0.4) is 0 Å². The minimum absolute atomic E-state index is 0.115. The lowest BCUT2D eigenvalue weighted by atomic mass is 10.1. The lowest BCUT2D eigenvalue weighted by Gasteiger charge is -2.04. The summed E-state index contributed by atoms with van der Waals surface area (Å²) in [5.74, 6) is -0.795. The number of hydrogen-bond donors (Lipinski definition) is 1. The summed E-state index contributed by atoms with van der Waals surface area (Å²) < 4.78 is 1.79. The van der Waals surface area contributed by atoms with E-state index in [4.69, 9.17) is 5.11 Å². The third-order valence-electron chi connectivity index (χ3n) is 2.71. The Kier molecular flexibility index (Phi) is 3.46. The van der Waals surface area contributed by atoms with E-state index in [9.17, 15) is 4.79 Å². The van der Waals surface area contributed by atoms with E-state index in [2.05, 4.69) is 23.3 Å². The highest BCUT2D eigenvalue weighted by Gasteiger charge is 2.04. The number of carboxylic acids is 1. The molecule has 0 saturated carbocycles. The maximum atomic E-state index is 10.5. The Balaban J connectivity index is 2.21. The molecule has 0 aliphatic heterocycles. The smallest absolute Gasteiger partial charge is 0.303 e. The molecule has 1 N–H and O–H groups in total. The maximum absolute atomic E-state index is 10.5. The van der Waals surface area contributed by atoms with Crippen LogP contribution < -0.4 is 0 Å². The van der Waals surface area contributed by atoms with Crippen molar-refractivity contribution >= 4 is 5.97 Å². The summed E-state index contributed by atoms with van der Waals surface area (Å²) in [6.45, 7) is 4.09. The van der Waals surface area contributed by atoms with Gasteiger partial charge in [-0.05, 0) is 43.2 Å². The quantitative estimate of drug-likeness (QED) is 0.899. The Bertz CT molecular complexity index is 553. The molecule has 4 heteroatoms. The molecule has 94 valence electrons. The number of nitrogens with zero attached hydrogens (tertiary/aromatic N) is 2. The fraction of sp³-hybridized carbons (Fsp3) is 0.286. The minimum atomic E-state index is -0.795. The van der Waals surface area contributed by atoms with Crippen molar-refractivity contribution in [1.82, 2.24) is 9.78 Å². The molecule has 0 amide bonds. The summed E-state index contributed by atoms with van der Waals surface area (Å²) in [6, 6.07) is 8.08. The van der Waals surface area contributed by atoms with Crippen molar-refractivity contribution in [2.75, 3.05) is 0 Å². The zero-order valence-corrected chi connectivity index (χ0v) is 10.6. The van der Waals surface area contributed by atoms with Crippen LogP contribution >= 0.6 is 0 Å². The number of carbonyl (C=O) groups is 1. The molecular weight excluding hydrogens is 228 g/mol. The molecule has 0 spiro atoms. The first-order chi connectivity index (χ1) is 8.54. The summed E-state index contributed by atoms with van der Waals surface area (Å²) in [6.07, 6.45) is 2.45. The molecule has 0 fully saturated rings. The van der Waals surface area contributed by atoms with E-state index in [1.807, 2.05) is 26.1 Å². The molecule has 0 bridgehead atoms. The molecule has 0 saturated heterocycles. The molecule has 18 heavy (non-hydrogen) atoms. The molecule has 1 heterocycles. The number of hydrogen-bond acceptors (Lipinski definition) is 2. The van der Waals surface area contributed by atoms with Gasteiger partial charge < -0.3 is 5.11 Å². The predicted octanol–water partition coefficient (Wildman–Crippen LogP) is 2.51. The van der Waals surface area contributed by atoms with Gasteiger partial charge in [0.05, 0.1) is 17.8 Å². The van der Waals surface area contributed by atoms with Crippen LogP contribution in [0.1, 0.15) is 23.2 Å². The van der Waals surface area contributed by atoms with E-state index in [-0.39, 0.29) is 6.42 Å². The van der Waals surface area contributed by atoms with Crippen LogP contribution in [-0.2, 0) is 11.2 Å². The summed E-state index contributed by atoms with van der Waals surface area (Å²) in [5.41, 5.74) is 4.19. The summed E-state index contributed by atoms with van der Waals surface area (Å²) in [5, 5.41) is 13.0. The van der Waals surface area contributed by atoms with Crippen molar-refractivity contribution in [3.63, 3.8) is 0 Å². The molecular formula is C14H16N2O2. The fourth-order valence-electron chi connectivity index (χ4n) is 1.96. The van der Waals surface area contributed by atoms with Crippen LogP contribution in [0.5, 0.6) is 0 Å². The molecule has 2 rings (SSSR count). The average Bonchev–Trinajstić information content (AvgIpc) is 2.73. The van der Waals surface area contributed by atoms with Crippen LogP contribution in [-0.4, -0.2) is 20.9 Å². The SMILES string of the molecule is Cc1cc(C)cc(-n2ccc(CCC(=O)O)n2)c1. The van der Waals surface area contributed by atoms with Gasteiger partial charge in [0.2, 0.25) is 0 Å². The van der Waals surface area contributed by atoms with Crippen LogP contribution in [0.2, 0.25) is 0 Å². The molecule has 0 unspecified atom stereocenters. The lowest BCUT2D eigenvalue weighted by Crippen LogP contribution is -2.00. The second-order valence-electron chi connectivity index (χ2n) is 4.49. The van der Waals surface area contributed by atoms with Crippen molar-refractivity contribution in [3.8, 4) is 5.69 Å². The van der Waals surface area contributed by atoms with E-state index in [1.54, 1.807) is 4.68 Å². The van der Waals surface area contributed by atoms with Crippen molar-refractivity contribution in [1.29, 1.82) is 0 Å². The standard InChI is InChI=1S/C14H16N2O2/c1-10-7-11(2)9-13(8-10)16-6-5-12(15-16)3-4-14(17)18/h5-9H,3-4H2,1-2H3,(H,17,18). The van der Waals surface area contributed by atoms with Gasteiger partial charge in [-0.2, -0.15) is 5.10 Å². The minimum Gasteiger partial charge on any atom is -0.481 e. The van der Waals surface area contributed by atoms with Gasteiger partial charge in [-0.1, -0.05) is 6.07 Å². The largest absolute Gasteiger partial charge is 0.481 e. The molecule has 4 nitrogen and oxygen atoms in total. The molecule has 0 atom stereocenters. The molecule has 2 aromatic rings. The Morgan fingerprint density at radius 3 is 2.56 bits per heavy atom. The monoisotopic (exact) mass is 244 g/mol. The lowest BCUT2D eigenvalue weighted by molar-refractivity contribution is -0.136. The number of carboxylic acid groups (broad SMARTS) is 1. The van der Waals surface area contributed by atoms with Crippen molar-refractivity contribution in [3.05, 3.63) is 47.3 Å². The van der Waals surface area contributed by atoms with Crippen molar-refractivity contribution < 1.29 is 9.90 Å². The Morgan fingerprint density at radius 1 is 1.28 bits per heavy atom. The topological polar surface area (TPSA) is 55.1 Å². The maximum Gasteiger partial charge on any atom is 0.303 e. The van der Waals surface area contributed by atoms with E-state index >= 15 is 0 Å². The van der Waals surface area contributed by atoms with E-state index in [0.717, 1.165) is 11.4 Å². The van der Waals surface area contributed by atoms with E-state index < -0.39 is 5.97 Å². The zero-order valence-electron chi connectivity index (χ0n) is 10.6. The molecule has 0 aliphatic rings. The Hall–Kier alpha value is -2.10. The van der Waals surface area contributed by atoms with Gasteiger partial charge in [-0.25, -0.2) is 4.68 Å². The zero-order chi connectivity index (χ0) is 13.1. The second kappa shape index (κ2) is 5.04. The van der Waals surface area contributed by atoms with Gasteiger partial charge in [-0.15, -0.1) is 0 Å². The molecule has 1 aromatic heterocycles. The number of aromatic nitrogens is 2. The van der Waals surface area contributed by atoms with Crippen molar-refractivity contribution in [2.45, 2.75) is 26.7 Å². The third-order valence-corrected chi connectivity index (χ3v) is 2.71. The normalized spacial score (nSPS) is 10.6. The second-order valence-corrected chi connectivity index (χ2v) is 4.49. The van der Waals surface area contributed by atoms with Crippen LogP contribution in [0.25, 0.3) is 5.69 Å². The average molecular weight is 244 g/mol. The van der Waals surface area contributed by atoms with Gasteiger partial charge >= 0.3 is 5.97 Å². The number of rotatable bonds is 4. The molecule has 1 aromatic carbocycles. The third kappa shape index (κ3) is 2.97. The van der Waals surface area contributed by atoms with Crippen LogP contribution in [0.15, 0.2) is 30.5 Å². The Labute approximate surface area is 106 Å². The van der Waals surface area contributed by atoms with Gasteiger partial charge in [0.1, 0.15) is 0 Å². The first kappa shape index (κ1) is 12.4. The molecule has 0 radical (unpaired) electrons. The number of aliphatic carboxylic acids is 1. The van der Waals surface area contributed by atoms with E-state index in [1.165, 1.54) is 11.1 Å². The van der Waals surface area contributed by atoms with Crippen molar-refractivity contribution in [2.24, 2.45) is 0 Å². The van der Waals surface area contributed by atoms with Gasteiger partial charge in [0.25, 0.3) is 0 Å². The molecule has 0 aliphatic carbocycles. The van der Waals surface area contributed by atoms with Gasteiger partial charge in [0.15, 0.2) is 0 Å². The highest BCUT2D eigenvalue weighted by Crippen LogP contribution is 2.13. The fourth-order valence-corrected chi connectivity index (χ4v) is 1.96. The Morgan fingerprint density at radius 2 is 1.94 bits per heavy atom. The van der Waals surface area contributed by atoms with Gasteiger partial charge in [0, 0.05) is 12.6 Å². The summed E-state index contributed by atoms with van der Waals surface area (Å²) in [4.78, 5) is 10.5. The highest BCUT2D eigenvalue weighted by atomic mass is 16.4. The number of benzene rings is 1. The first-order valence-corrected chi connectivity index (χ1v) is 5.89. The first-order valence-electron chi connectivity index (χ1n) is 5.89. The predicted molar refractivity (Wildman–Crippen MR) is 69.0 cm³/mol. The summed E-state index contributed by atoms with van der Waals surface area (Å²) >= 11 is 0. The van der Waals surface area contributed by atoms with Gasteiger partial charge in [-0.3, -0.25) is 4.79 Å². The van der Waals surface area contributed by atoms with E-state index in [0.29, 0.717) is 6.42 Å². The number of aryl methyl sites for hydroxylation is 3. The summed E-state index contributed by atoms with van der Waals surface area (Å²) in [7, 11) is 0. The van der Waals surface area contributed by atoms with Crippen LogP contribution in [0, 0.1) is 13.8 Å². The highest BCUT2D eigenvalue weighted by molar-refractivity contribution is 5.66.